The molecule has 20 heavy (non-hydrogen) atoms. The summed E-state index contributed by atoms with van der Waals surface area (Å²) in [6, 6.07) is 7.38. The summed E-state index contributed by atoms with van der Waals surface area (Å²) in [4.78, 5) is 22.9. The number of carbonyl (C=O) groups excluding carboxylic acids is 2. The van der Waals surface area contributed by atoms with Gasteiger partial charge in [-0.2, -0.15) is 0 Å². The third kappa shape index (κ3) is 4.18. The van der Waals surface area contributed by atoms with Gasteiger partial charge in [-0.1, -0.05) is 12.1 Å². The number of nitrogens with one attached hydrogen (secondary N) is 2. The first kappa shape index (κ1) is 15.3. The molecule has 1 saturated heterocycles. The Hall–Kier alpha value is -1.14. The molecule has 2 N–H and O–H groups in total. The molecule has 0 radical (unpaired) electrons. The van der Waals surface area contributed by atoms with E-state index in [4.69, 9.17) is 0 Å². The lowest BCUT2D eigenvalue weighted by molar-refractivity contribution is -0.124. The fraction of sp³-hybridized carbons (Fsp3) is 0.429. The van der Waals surface area contributed by atoms with Crippen LogP contribution in [0.1, 0.15) is 24.0 Å². The molecular weight excluding hydrogens is 292 g/mol. The minimum Gasteiger partial charge on any atom is -0.345 e. The molecule has 2 rings (SSSR count). The maximum absolute atomic E-state index is 11.9. The number of carbonyl (C=O) groups is 2. The summed E-state index contributed by atoms with van der Waals surface area (Å²) < 4.78 is 0.458. The van der Waals surface area contributed by atoms with Gasteiger partial charge in [-0.05, 0) is 24.6 Å². The Morgan fingerprint density at radius 2 is 2.00 bits per heavy atom. The summed E-state index contributed by atoms with van der Waals surface area (Å²) in [5.74, 6) is 1.93. The van der Waals surface area contributed by atoms with Gasteiger partial charge in [0.15, 0.2) is 0 Å². The number of hydrogen-bond donors (Lipinski definition) is 2. The van der Waals surface area contributed by atoms with Gasteiger partial charge in [0.05, 0.1) is 4.58 Å². The molecule has 1 aromatic rings. The summed E-state index contributed by atoms with van der Waals surface area (Å²) >= 11 is 3.86. The second-order valence-electron chi connectivity index (χ2n) is 4.61. The Labute approximate surface area is 127 Å². The summed E-state index contributed by atoms with van der Waals surface area (Å²) in [7, 11) is 0. The molecule has 1 atom stereocenters. The number of thioether (sulfide) groups is 2. The highest BCUT2D eigenvalue weighted by molar-refractivity contribution is 8.19. The lowest BCUT2D eigenvalue weighted by Gasteiger charge is -2.14. The second kappa shape index (κ2) is 7.04. The van der Waals surface area contributed by atoms with Crippen molar-refractivity contribution in [1.82, 2.24) is 5.32 Å². The van der Waals surface area contributed by atoms with Crippen LogP contribution in [0.25, 0.3) is 0 Å². The minimum atomic E-state index is -0.536. The van der Waals surface area contributed by atoms with E-state index in [1.54, 1.807) is 6.92 Å². The van der Waals surface area contributed by atoms with Gasteiger partial charge in [-0.25, -0.2) is 0 Å². The largest absolute Gasteiger partial charge is 0.345 e. The highest BCUT2D eigenvalue weighted by Crippen LogP contribution is 2.45. The molecule has 0 aromatic heterocycles. The van der Waals surface area contributed by atoms with E-state index in [0.29, 0.717) is 4.58 Å². The van der Waals surface area contributed by atoms with Crippen molar-refractivity contribution in [1.29, 1.82) is 0 Å². The average molecular weight is 310 g/mol. The van der Waals surface area contributed by atoms with Crippen LogP contribution in [-0.2, 0) is 9.59 Å². The van der Waals surface area contributed by atoms with Crippen LogP contribution in [0.3, 0.4) is 0 Å². The van der Waals surface area contributed by atoms with Crippen LogP contribution in [0.2, 0.25) is 0 Å². The predicted octanol–water partition coefficient (Wildman–Crippen LogP) is 2.63. The highest BCUT2D eigenvalue weighted by atomic mass is 32.2. The summed E-state index contributed by atoms with van der Waals surface area (Å²) in [6.45, 7) is 3.07. The van der Waals surface area contributed by atoms with Gasteiger partial charge in [0.2, 0.25) is 11.8 Å². The maximum Gasteiger partial charge on any atom is 0.246 e. The number of anilines is 1. The number of amides is 2. The Morgan fingerprint density at radius 3 is 2.65 bits per heavy atom. The maximum atomic E-state index is 11.9. The van der Waals surface area contributed by atoms with Gasteiger partial charge in [-0.3, -0.25) is 9.59 Å². The van der Waals surface area contributed by atoms with E-state index >= 15 is 0 Å². The van der Waals surface area contributed by atoms with Crippen molar-refractivity contribution in [3.05, 3.63) is 29.8 Å². The molecule has 0 aliphatic carbocycles. The molecule has 2 amide bonds. The second-order valence-corrected chi connectivity index (χ2v) is 7.33. The number of hydrogen-bond acceptors (Lipinski definition) is 4. The van der Waals surface area contributed by atoms with Gasteiger partial charge in [0.25, 0.3) is 0 Å². The van der Waals surface area contributed by atoms with E-state index < -0.39 is 6.04 Å². The molecular formula is C14H18N2O2S2. The van der Waals surface area contributed by atoms with Crippen LogP contribution in [0, 0.1) is 0 Å². The predicted molar refractivity (Wildman–Crippen MR) is 86.0 cm³/mol. The molecule has 1 heterocycles. The lowest BCUT2D eigenvalue weighted by atomic mass is 10.2. The number of rotatable bonds is 4. The molecule has 1 aliphatic heterocycles. The van der Waals surface area contributed by atoms with E-state index in [1.807, 2.05) is 41.7 Å². The van der Waals surface area contributed by atoms with Crippen molar-refractivity contribution in [2.24, 2.45) is 0 Å². The first-order chi connectivity index (χ1) is 9.56. The zero-order valence-corrected chi connectivity index (χ0v) is 13.1. The van der Waals surface area contributed by atoms with Crippen molar-refractivity contribution in [3.63, 3.8) is 0 Å². The average Bonchev–Trinajstić information content (AvgIpc) is 2.92. The molecule has 4 nitrogen and oxygen atoms in total. The fourth-order valence-electron chi connectivity index (χ4n) is 1.93. The Morgan fingerprint density at radius 1 is 1.30 bits per heavy atom. The zero-order valence-electron chi connectivity index (χ0n) is 11.5. The van der Waals surface area contributed by atoms with Gasteiger partial charge in [-0.15, -0.1) is 23.5 Å². The quantitative estimate of drug-likeness (QED) is 0.897. The van der Waals surface area contributed by atoms with E-state index in [0.717, 1.165) is 5.69 Å². The molecule has 6 heteroatoms. The van der Waals surface area contributed by atoms with E-state index in [2.05, 4.69) is 16.7 Å². The van der Waals surface area contributed by atoms with Crippen molar-refractivity contribution in [2.45, 2.75) is 24.5 Å². The van der Waals surface area contributed by atoms with Crippen LogP contribution >= 0.6 is 23.5 Å². The molecule has 1 unspecified atom stereocenters. The van der Waals surface area contributed by atoms with Gasteiger partial charge in [0.1, 0.15) is 6.04 Å². The van der Waals surface area contributed by atoms with Gasteiger partial charge in [0, 0.05) is 24.1 Å². The van der Waals surface area contributed by atoms with E-state index in [9.17, 15) is 9.59 Å². The SMILES string of the molecule is CC(=O)NC(C)C(=O)Nc1cccc(C2SCCS2)c1. The fourth-order valence-corrected chi connectivity index (χ4v) is 4.77. The summed E-state index contributed by atoms with van der Waals surface area (Å²) in [5, 5.41) is 5.41. The summed E-state index contributed by atoms with van der Waals surface area (Å²) in [6.07, 6.45) is 0. The molecule has 108 valence electrons. The molecule has 0 spiro atoms. The summed E-state index contributed by atoms with van der Waals surface area (Å²) in [5.41, 5.74) is 2.00. The smallest absolute Gasteiger partial charge is 0.246 e. The zero-order chi connectivity index (χ0) is 14.5. The highest BCUT2D eigenvalue weighted by Gasteiger charge is 2.19. The minimum absolute atomic E-state index is 0.205. The third-order valence-corrected chi connectivity index (χ3v) is 5.97. The standard InChI is InChI=1S/C14H18N2O2S2/c1-9(15-10(2)17)13(18)16-12-5-3-4-11(8-12)14-19-6-7-20-14/h3-5,8-9,14H,6-7H2,1-2H3,(H,15,17)(H,16,18). The van der Waals surface area contributed by atoms with Gasteiger partial charge >= 0.3 is 0 Å². The normalized spacial score (nSPS) is 16.7. The molecule has 1 fully saturated rings. The van der Waals surface area contributed by atoms with Crippen LogP contribution in [0.5, 0.6) is 0 Å². The van der Waals surface area contributed by atoms with Crippen LogP contribution in [-0.4, -0.2) is 29.4 Å². The monoisotopic (exact) mass is 310 g/mol. The van der Waals surface area contributed by atoms with E-state index in [1.165, 1.54) is 24.0 Å². The lowest BCUT2D eigenvalue weighted by Crippen LogP contribution is -2.40. The molecule has 0 saturated carbocycles. The Balaban J connectivity index is 2.00. The number of benzene rings is 1. The van der Waals surface area contributed by atoms with Crippen LogP contribution in [0.15, 0.2) is 24.3 Å². The Kier molecular flexibility index (Phi) is 5.37. The van der Waals surface area contributed by atoms with Crippen LogP contribution in [0.4, 0.5) is 5.69 Å². The molecule has 1 aliphatic rings. The van der Waals surface area contributed by atoms with Crippen molar-refractivity contribution < 1.29 is 9.59 Å². The first-order valence-electron chi connectivity index (χ1n) is 6.47. The first-order valence-corrected chi connectivity index (χ1v) is 8.57. The molecule has 1 aromatic carbocycles. The van der Waals surface area contributed by atoms with Gasteiger partial charge < -0.3 is 10.6 Å². The topological polar surface area (TPSA) is 58.2 Å². The van der Waals surface area contributed by atoms with Crippen molar-refractivity contribution in [2.75, 3.05) is 16.8 Å². The Bertz CT molecular complexity index is 502. The van der Waals surface area contributed by atoms with Crippen LogP contribution < -0.4 is 10.6 Å². The van der Waals surface area contributed by atoms with Crippen molar-refractivity contribution >= 4 is 41.0 Å². The molecule has 0 bridgehead atoms. The van der Waals surface area contributed by atoms with E-state index in [-0.39, 0.29) is 11.8 Å². The third-order valence-electron chi connectivity index (χ3n) is 2.86. The van der Waals surface area contributed by atoms with Crippen molar-refractivity contribution in [3.8, 4) is 0 Å².